The molecule has 0 aromatic heterocycles. The molecule has 0 aliphatic carbocycles. The van der Waals surface area contributed by atoms with Gasteiger partial charge in [-0.3, -0.25) is 9.10 Å². The highest BCUT2D eigenvalue weighted by Crippen LogP contribution is 2.42. The van der Waals surface area contributed by atoms with Gasteiger partial charge >= 0.3 is 0 Å². The van der Waals surface area contributed by atoms with Gasteiger partial charge in [0.25, 0.3) is 15.9 Å². The second kappa shape index (κ2) is 7.46. The summed E-state index contributed by atoms with van der Waals surface area (Å²) < 4.78 is 28.0. The number of amides is 1. The number of benzene rings is 3. The van der Waals surface area contributed by atoms with Crippen molar-refractivity contribution in [1.29, 1.82) is 0 Å². The number of hydrogen-bond acceptors (Lipinski definition) is 3. The third-order valence-electron chi connectivity index (χ3n) is 5.11. The first-order valence-corrected chi connectivity index (χ1v) is 11.0. The Kier molecular flexibility index (Phi) is 4.95. The normalized spacial score (nSPS) is 15.0. The van der Waals surface area contributed by atoms with E-state index < -0.39 is 15.9 Å². The molecule has 30 heavy (non-hydrogen) atoms. The molecule has 4 rings (SSSR count). The Hall–Kier alpha value is -3.38. The molecule has 1 heterocycles. The summed E-state index contributed by atoms with van der Waals surface area (Å²) in [6.45, 7) is 3.86. The van der Waals surface area contributed by atoms with E-state index in [0.717, 1.165) is 11.1 Å². The van der Waals surface area contributed by atoms with E-state index in [-0.39, 0.29) is 4.91 Å². The van der Waals surface area contributed by atoms with Crippen molar-refractivity contribution in [3.8, 4) is 0 Å². The summed E-state index contributed by atoms with van der Waals surface area (Å²) in [5, 5.41) is 2.80. The molecule has 1 N–H and O–H groups in total. The van der Waals surface area contributed by atoms with Crippen LogP contribution in [0.5, 0.6) is 0 Å². The predicted octanol–water partition coefficient (Wildman–Crippen LogP) is 4.48. The van der Waals surface area contributed by atoms with Crippen molar-refractivity contribution in [3.05, 3.63) is 100.0 Å². The standard InChI is InChI=1S/C24H22N2O3S/c1-16-13-17(2)15-19(14-16)25-24(27)23-22(18-9-5-4-6-10-18)20-11-7-8-12-21(20)26(3)30(23,28)29/h4-15H,1-3H3,(H,25,27). The van der Waals surface area contributed by atoms with E-state index in [1.807, 2.05) is 74.5 Å². The SMILES string of the molecule is Cc1cc(C)cc(NC(=O)C2=C(c3ccccc3)c3ccccc3N(C)S2(=O)=O)c1. The zero-order valence-corrected chi connectivity index (χ0v) is 17.8. The molecule has 0 unspecified atom stereocenters. The second-order valence-corrected chi connectivity index (χ2v) is 9.30. The number of aryl methyl sites for hydroxylation is 2. The molecule has 1 aliphatic heterocycles. The molecular formula is C24H22N2O3S. The summed E-state index contributed by atoms with van der Waals surface area (Å²) in [6, 6.07) is 22.0. The topological polar surface area (TPSA) is 66.5 Å². The van der Waals surface area contributed by atoms with Crippen molar-refractivity contribution in [2.24, 2.45) is 0 Å². The quantitative estimate of drug-likeness (QED) is 0.682. The predicted molar refractivity (Wildman–Crippen MR) is 121 cm³/mol. The number of nitrogens with zero attached hydrogens (tertiary/aromatic N) is 1. The van der Waals surface area contributed by atoms with Crippen LogP contribution in [0.2, 0.25) is 0 Å². The Morgan fingerprint density at radius 1 is 0.867 bits per heavy atom. The van der Waals surface area contributed by atoms with E-state index in [1.165, 1.54) is 11.4 Å². The van der Waals surface area contributed by atoms with Gasteiger partial charge in [0.05, 0.1) is 5.69 Å². The van der Waals surface area contributed by atoms with Gasteiger partial charge < -0.3 is 5.32 Å². The third kappa shape index (κ3) is 3.39. The minimum atomic E-state index is -4.05. The number of carbonyl (C=O) groups excluding carboxylic acids is 1. The number of rotatable bonds is 3. The monoisotopic (exact) mass is 418 g/mol. The fourth-order valence-electron chi connectivity index (χ4n) is 3.83. The van der Waals surface area contributed by atoms with E-state index in [4.69, 9.17) is 0 Å². The van der Waals surface area contributed by atoms with Crippen LogP contribution in [0.15, 0.2) is 77.7 Å². The average molecular weight is 419 g/mol. The Balaban J connectivity index is 1.96. The van der Waals surface area contributed by atoms with E-state index in [1.54, 1.807) is 12.1 Å². The Bertz CT molecular complexity index is 1260. The van der Waals surface area contributed by atoms with Crippen LogP contribution in [-0.4, -0.2) is 21.4 Å². The zero-order valence-electron chi connectivity index (χ0n) is 17.0. The molecule has 1 aliphatic rings. The summed E-state index contributed by atoms with van der Waals surface area (Å²) in [4.78, 5) is 13.1. The number of sulfonamides is 1. The molecule has 5 nitrogen and oxygen atoms in total. The van der Waals surface area contributed by atoms with Crippen LogP contribution in [0, 0.1) is 13.8 Å². The molecule has 0 atom stereocenters. The first-order chi connectivity index (χ1) is 14.3. The first-order valence-electron chi connectivity index (χ1n) is 9.57. The number of fused-ring (bicyclic) bond motifs is 1. The van der Waals surface area contributed by atoms with E-state index in [0.29, 0.717) is 28.1 Å². The van der Waals surface area contributed by atoms with Crippen molar-refractivity contribution in [3.63, 3.8) is 0 Å². The number of hydrogen-bond donors (Lipinski definition) is 1. The van der Waals surface area contributed by atoms with Crippen molar-refractivity contribution < 1.29 is 13.2 Å². The fraction of sp³-hybridized carbons (Fsp3) is 0.125. The van der Waals surface area contributed by atoms with Crippen LogP contribution < -0.4 is 9.62 Å². The highest BCUT2D eigenvalue weighted by atomic mass is 32.2. The van der Waals surface area contributed by atoms with Gasteiger partial charge in [0.1, 0.15) is 0 Å². The lowest BCUT2D eigenvalue weighted by Gasteiger charge is -2.30. The summed E-state index contributed by atoms with van der Waals surface area (Å²) >= 11 is 0. The highest BCUT2D eigenvalue weighted by Gasteiger charge is 2.39. The van der Waals surface area contributed by atoms with Crippen LogP contribution in [-0.2, 0) is 14.8 Å². The Morgan fingerprint density at radius 3 is 2.13 bits per heavy atom. The summed E-state index contributed by atoms with van der Waals surface area (Å²) in [6.07, 6.45) is 0. The molecule has 1 amide bonds. The van der Waals surface area contributed by atoms with Crippen LogP contribution in [0.1, 0.15) is 22.3 Å². The maximum atomic E-state index is 13.4. The lowest BCUT2D eigenvalue weighted by molar-refractivity contribution is -0.112. The molecule has 3 aromatic rings. The largest absolute Gasteiger partial charge is 0.321 e. The van der Waals surface area contributed by atoms with Gasteiger partial charge in [0.15, 0.2) is 4.91 Å². The average Bonchev–Trinajstić information content (AvgIpc) is 2.70. The number of carbonyl (C=O) groups is 1. The molecular weight excluding hydrogens is 396 g/mol. The van der Waals surface area contributed by atoms with Crippen molar-refractivity contribution in [2.45, 2.75) is 13.8 Å². The molecule has 6 heteroatoms. The van der Waals surface area contributed by atoms with E-state index in [2.05, 4.69) is 5.32 Å². The molecule has 0 saturated heterocycles. The van der Waals surface area contributed by atoms with Gasteiger partial charge in [-0.1, -0.05) is 54.6 Å². The van der Waals surface area contributed by atoms with Gasteiger partial charge in [0, 0.05) is 23.9 Å². The Morgan fingerprint density at radius 2 is 1.47 bits per heavy atom. The van der Waals surface area contributed by atoms with E-state index >= 15 is 0 Å². The minimum Gasteiger partial charge on any atom is -0.321 e. The van der Waals surface area contributed by atoms with Gasteiger partial charge in [-0.25, -0.2) is 8.42 Å². The maximum absolute atomic E-state index is 13.4. The molecule has 0 radical (unpaired) electrons. The second-order valence-electron chi connectivity index (χ2n) is 7.39. The van der Waals surface area contributed by atoms with Crippen LogP contribution in [0.3, 0.4) is 0 Å². The smallest absolute Gasteiger partial charge is 0.270 e. The summed E-state index contributed by atoms with van der Waals surface area (Å²) in [5.74, 6) is -0.653. The van der Waals surface area contributed by atoms with Crippen LogP contribution in [0.25, 0.3) is 5.57 Å². The maximum Gasteiger partial charge on any atom is 0.270 e. The van der Waals surface area contributed by atoms with Gasteiger partial charge in [0.2, 0.25) is 0 Å². The molecule has 0 bridgehead atoms. The van der Waals surface area contributed by atoms with Gasteiger partial charge in [-0.15, -0.1) is 0 Å². The molecule has 0 fully saturated rings. The van der Waals surface area contributed by atoms with Crippen molar-refractivity contribution in [2.75, 3.05) is 16.7 Å². The summed E-state index contributed by atoms with van der Waals surface area (Å²) in [5.41, 5.74) is 4.85. The molecule has 0 saturated carbocycles. The number of anilines is 2. The van der Waals surface area contributed by atoms with E-state index in [9.17, 15) is 13.2 Å². The van der Waals surface area contributed by atoms with Crippen molar-refractivity contribution in [1.82, 2.24) is 0 Å². The van der Waals surface area contributed by atoms with Gasteiger partial charge in [-0.05, 0) is 48.7 Å². The summed E-state index contributed by atoms with van der Waals surface area (Å²) in [7, 11) is -2.58. The van der Waals surface area contributed by atoms with Crippen LogP contribution >= 0.6 is 0 Å². The fourth-order valence-corrected chi connectivity index (χ4v) is 5.30. The number of para-hydroxylation sites is 1. The first kappa shape index (κ1) is 19.9. The Labute approximate surface area is 176 Å². The number of nitrogens with one attached hydrogen (secondary N) is 1. The zero-order chi connectivity index (χ0) is 21.5. The third-order valence-corrected chi connectivity index (χ3v) is 6.93. The lowest BCUT2D eigenvalue weighted by Crippen LogP contribution is -2.37. The lowest BCUT2D eigenvalue weighted by atomic mass is 9.95. The van der Waals surface area contributed by atoms with Crippen LogP contribution in [0.4, 0.5) is 11.4 Å². The van der Waals surface area contributed by atoms with Gasteiger partial charge in [-0.2, -0.15) is 0 Å². The molecule has 3 aromatic carbocycles. The minimum absolute atomic E-state index is 0.256. The molecule has 0 spiro atoms. The highest BCUT2D eigenvalue weighted by molar-refractivity contribution is 7.97. The molecule has 152 valence electrons. The van der Waals surface area contributed by atoms with Crippen molar-refractivity contribution >= 4 is 32.9 Å².